The summed E-state index contributed by atoms with van der Waals surface area (Å²) in [4.78, 5) is 7.31. The van der Waals surface area contributed by atoms with E-state index in [0.29, 0.717) is 5.56 Å². The first kappa shape index (κ1) is 18.1. The second-order valence-electron chi connectivity index (χ2n) is 7.82. The highest BCUT2D eigenvalue weighted by Crippen LogP contribution is 2.39. The number of halogens is 2. The van der Waals surface area contributed by atoms with Crippen LogP contribution in [0.25, 0.3) is 22.2 Å². The molecule has 4 rings (SSSR count). The summed E-state index contributed by atoms with van der Waals surface area (Å²) in [6.07, 6.45) is 3.13. The molecule has 0 spiro atoms. The third-order valence-corrected chi connectivity index (χ3v) is 5.57. The van der Waals surface area contributed by atoms with Crippen molar-refractivity contribution in [2.24, 2.45) is 0 Å². The molecule has 3 heterocycles. The second kappa shape index (κ2) is 7.04. The van der Waals surface area contributed by atoms with Gasteiger partial charge in [-0.2, -0.15) is 0 Å². The van der Waals surface area contributed by atoms with E-state index in [2.05, 4.69) is 29.1 Å². The third kappa shape index (κ3) is 3.25. The molecule has 3 nitrogen and oxygen atoms in total. The summed E-state index contributed by atoms with van der Waals surface area (Å²) in [7, 11) is 0. The van der Waals surface area contributed by atoms with Crippen LogP contribution in [-0.4, -0.2) is 23.1 Å². The number of hydrogen-bond acceptors (Lipinski definition) is 2. The molecule has 0 aliphatic carbocycles. The number of rotatable bonds is 3. The standard InChI is InChI=1S/C22H25F2N3/c1-12(2)21-17-9-15(14-4-6-25-7-5-14)18(23)10-20(17)27-22(21)16-8-13(3)26-11-19(16)24/h8-12,14,25,27H,4-7H2,1-3H3. The Hall–Kier alpha value is -2.27. The SMILES string of the molecule is Cc1cc(-c2[nH]c3cc(F)c(C4CCNCC4)cc3c2C(C)C)c(F)cn1. The average molecular weight is 369 g/mol. The molecular formula is C22H25F2N3. The first-order valence-corrected chi connectivity index (χ1v) is 9.64. The van der Waals surface area contributed by atoms with Gasteiger partial charge in [0.05, 0.1) is 11.9 Å². The van der Waals surface area contributed by atoms with E-state index in [4.69, 9.17) is 0 Å². The van der Waals surface area contributed by atoms with Crippen molar-refractivity contribution in [2.75, 3.05) is 13.1 Å². The van der Waals surface area contributed by atoms with E-state index in [9.17, 15) is 8.78 Å². The highest BCUT2D eigenvalue weighted by molar-refractivity contribution is 5.92. The van der Waals surface area contributed by atoms with Gasteiger partial charge in [-0.15, -0.1) is 0 Å². The number of fused-ring (bicyclic) bond motifs is 1. The number of benzene rings is 1. The molecule has 0 atom stereocenters. The van der Waals surface area contributed by atoms with Crippen LogP contribution in [0.4, 0.5) is 8.78 Å². The summed E-state index contributed by atoms with van der Waals surface area (Å²) >= 11 is 0. The largest absolute Gasteiger partial charge is 0.354 e. The molecule has 1 saturated heterocycles. The number of aryl methyl sites for hydroxylation is 1. The van der Waals surface area contributed by atoms with Gasteiger partial charge >= 0.3 is 0 Å². The molecule has 1 fully saturated rings. The van der Waals surface area contributed by atoms with Crippen molar-refractivity contribution in [1.82, 2.24) is 15.3 Å². The van der Waals surface area contributed by atoms with Crippen LogP contribution in [0.3, 0.4) is 0 Å². The van der Waals surface area contributed by atoms with E-state index in [0.717, 1.165) is 59.3 Å². The normalized spacial score (nSPS) is 15.8. The van der Waals surface area contributed by atoms with Crippen molar-refractivity contribution in [3.8, 4) is 11.3 Å². The monoisotopic (exact) mass is 369 g/mol. The zero-order chi connectivity index (χ0) is 19.1. The lowest BCUT2D eigenvalue weighted by Crippen LogP contribution is -2.27. The molecule has 0 radical (unpaired) electrons. The van der Waals surface area contributed by atoms with Crippen LogP contribution >= 0.6 is 0 Å². The van der Waals surface area contributed by atoms with Crippen LogP contribution in [0.15, 0.2) is 24.4 Å². The first-order chi connectivity index (χ1) is 13.0. The Balaban J connectivity index is 1.93. The van der Waals surface area contributed by atoms with Gasteiger partial charge in [-0.25, -0.2) is 8.78 Å². The Morgan fingerprint density at radius 1 is 1.07 bits per heavy atom. The number of aromatic nitrogens is 2. The maximum Gasteiger partial charge on any atom is 0.150 e. The van der Waals surface area contributed by atoms with Crippen molar-refractivity contribution < 1.29 is 8.78 Å². The highest BCUT2D eigenvalue weighted by Gasteiger charge is 2.24. The lowest BCUT2D eigenvalue weighted by molar-refractivity contribution is 0.445. The zero-order valence-electron chi connectivity index (χ0n) is 16.0. The lowest BCUT2D eigenvalue weighted by Gasteiger charge is -2.23. The van der Waals surface area contributed by atoms with Gasteiger partial charge in [0, 0.05) is 22.2 Å². The lowest BCUT2D eigenvalue weighted by atomic mass is 9.87. The molecule has 3 aromatic rings. The van der Waals surface area contributed by atoms with E-state index >= 15 is 0 Å². The fourth-order valence-electron chi connectivity index (χ4n) is 4.25. The van der Waals surface area contributed by atoms with Crippen molar-refractivity contribution in [1.29, 1.82) is 0 Å². The summed E-state index contributed by atoms with van der Waals surface area (Å²) < 4.78 is 29.4. The van der Waals surface area contributed by atoms with Crippen LogP contribution < -0.4 is 5.32 Å². The van der Waals surface area contributed by atoms with Crippen LogP contribution in [0, 0.1) is 18.6 Å². The van der Waals surface area contributed by atoms with Gasteiger partial charge in [-0.05, 0) is 74.0 Å². The third-order valence-electron chi connectivity index (χ3n) is 5.57. The number of H-pyrrole nitrogens is 1. The molecule has 0 unspecified atom stereocenters. The predicted octanol–water partition coefficient (Wildman–Crippen LogP) is 5.41. The van der Waals surface area contributed by atoms with Gasteiger partial charge in [-0.3, -0.25) is 4.98 Å². The Morgan fingerprint density at radius 2 is 1.81 bits per heavy atom. The summed E-state index contributed by atoms with van der Waals surface area (Å²) in [5.74, 6) is -0.140. The quantitative estimate of drug-likeness (QED) is 0.648. The fraction of sp³-hybridized carbons (Fsp3) is 0.409. The molecule has 5 heteroatoms. The highest BCUT2D eigenvalue weighted by atomic mass is 19.1. The van der Waals surface area contributed by atoms with E-state index in [1.165, 1.54) is 6.20 Å². The first-order valence-electron chi connectivity index (χ1n) is 9.64. The predicted molar refractivity (Wildman–Crippen MR) is 105 cm³/mol. The van der Waals surface area contributed by atoms with Crippen molar-refractivity contribution in [2.45, 2.75) is 45.4 Å². The summed E-state index contributed by atoms with van der Waals surface area (Å²) in [5.41, 5.74) is 4.50. The molecule has 1 aromatic carbocycles. The van der Waals surface area contributed by atoms with Gasteiger partial charge < -0.3 is 10.3 Å². The number of piperidine rings is 1. The smallest absolute Gasteiger partial charge is 0.150 e. The summed E-state index contributed by atoms with van der Waals surface area (Å²) in [5, 5.41) is 4.32. The Labute approximate surface area is 158 Å². The number of nitrogens with zero attached hydrogens (tertiary/aromatic N) is 1. The Kier molecular flexibility index (Phi) is 4.72. The molecule has 2 aromatic heterocycles. The van der Waals surface area contributed by atoms with E-state index in [1.807, 2.05) is 13.0 Å². The van der Waals surface area contributed by atoms with E-state index in [1.54, 1.807) is 12.1 Å². The Morgan fingerprint density at radius 3 is 2.52 bits per heavy atom. The van der Waals surface area contributed by atoms with E-state index < -0.39 is 0 Å². The molecule has 1 aliphatic heterocycles. The summed E-state index contributed by atoms with van der Waals surface area (Å²) in [6.45, 7) is 7.85. The minimum Gasteiger partial charge on any atom is -0.354 e. The maximum atomic E-state index is 14.9. The number of aromatic amines is 1. The van der Waals surface area contributed by atoms with Crippen molar-refractivity contribution in [3.63, 3.8) is 0 Å². The van der Waals surface area contributed by atoms with Crippen LogP contribution in [0.5, 0.6) is 0 Å². The second-order valence-corrected chi connectivity index (χ2v) is 7.82. The van der Waals surface area contributed by atoms with Crippen LogP contribution in [0.2, 0.25) is 0 Å². The summed E-state index contributed by atoms with van der Waals surface area (Å²) in [6, 6.07) is 5.31. The number of pyridine rings is 1. The maximum absolute atomic E-state index is 14.9. The van der Waals surface area contributed by atoms with E-state index in [-0.39, 0.29) is 23.5 Å². The minimum atomic E-state index is -0.367. The Bertz CT molecular complexity index is 985. The van der Waals surface area contributed by atoms with Crippen molar-refractivity contribution >= 4 is 10.9 Å². The number of nitrogens with one attached hydrogen (secondary N) is 2. The molecule has 0 saturated carbocycles. The zero-order valence-corrected chi connectivity index (χ0v) is 16.0. The van der Waals surface area contributed by atoms with Crippen LogP contribution in [-0.2, 0) is 0 Å². The average Bonchev–Trinajstić information content (AvgIpc) is 3.02. The van der Waals surface area contributed by atoms with Gasteiger partial charge in [0.1, 0.15) is 5.82 Å². The molecular weight excluding hydrogens is 344 g/mol. The molecule has 1 aliphatic rings. The molecule has 0 bridgehead atoms. The van der Waals surface area contributed by atoms with Gasteiger partial charge in [-0.1, -0.05) is 13.8 Å². The van der Waals surface area contributed by atoms with Gasteiger partial charge in [0.15, 0.2) is 5.82 Å². The molecule has 142 valence electrons. The van der Waals surface area contributed by atoms with Crippen LogP contribution in [0.1, 0.15) is 55.3 Å². The fourth-order valence-corrected chi connectivity index (χ4v) is 4.25. The van der Waals surface area contributed by atoms with Crippen molar-refractivity contribution in [3.05, 3.63) is 52.9 Å². The topological polar surface area (TPSA) is 40.7 Å². The molecule has 2 N–H and O–H groups in total. The minimum absolute atomic E-state index is 0.174. The molecule has 27 heavy (non-hydrogen) atoms. The molecule has 0 amide bonds. The van der Waals surface area contributed by atoms with Gasteiger partial charge in [0.2, 0.25) is 0 Å². The number of hydrogen-bond donors (Lipinski definition) is 2. The van der Waals surface area contributed by atoms with Gasteiger partial charge in [0.25, 0.3) is 0 Å².